The lowest BCUT2D eigenvalue weighted by Gasteiger charge is -2.26. The number of guanidine groups is 1. The number of hydrogen-bond acceptors (Lipinski definition) is 7. The van der Waals surface area contributed by atoms with Crippen LogP contribution in [-0.4, -0.2) is 82.0 Å². The molecule has 2 rings (SSSR count). The highest BCUT2D eigenvalue weighted by Gasteiger charge is 2.31. The van der Waals surface area contributed by atoms with Crippen LogP contribution in [0.1, 0.15) is 51.6 Å². The van der Waals surface area contributed by atoms with Gasteiger partial charge in [-0.1, -0.05) is 13.8 Å². The fraction of sp³-hybridized carbons (Fsp3) is 0.652. The molecule has 14 heteroatoms. The molecule has 0 aliphatic carbocycles. The maximum Gasteiger partial charge on any atom is 0.326 e. The first kappa shape index (κ1) is 29.5. The van der Waals surface area contributed by atoms with Crippen molar-refractivity contribution in [3.63, 3.8) is 0 Å². The number of carbonyl (C=O) groups excluding carboxylic acids is 3. The lowest BCUT2D eigenvalue weighted by atomic mass is 10.0. The minimum absolute atomic E-state index is 0.0177. The van der Waals surface area contributed by atoms with E-state index < -0.39 is 35.9 Å². The number of carboxylic acid groups (broad SMARTS) is 1. The van der Waals surface area contributed by atoms with Gasteiger partial charge < -0.3 is 42.8 Å². The van der Waals surface area contributed by atoms with Gasteiger partial charge in [-0.3, -0.25) is 19.4 Å². The molecule has 1 aliphatic rings. The lowest BCUT2D eigenvalue weighted by molar-refractivity contribution is -0.142. The zero-order valence-electron chi connectivity index (χ0n) is 21.3. The number of aliphatic imine (C=N–C) groups is 1. The average molecular weight is 522 g/mol. The van der Waals surface area contributed by atoms with Crippen molar-refractivity contribution < 1.29 is 24.3 Å². The van der Waals surface area contributed by atoms with Crippen molar-refractivity contribution in [1.82, 2.24) is 31.2 Å². The summed E-state index contributed by atoms with van der Waals surface area (Å²) in [5.74, 6) is -2.71. The summed E-state index contributed by atoms with van der Waals surface area (Å²) in [5, 5.41) is 20.7. The molecule has 0 bridgehead atoms. The van der Waals surface area contributed by atoms with Gasteiger partial charge in [-0.25, -0.2) is 9.78 Å². The van der Waals surface area contributed by atoms with E-state index in [4.69, 9.17) is 11.5 Å². The molecule has 14 nitrogen and oxygen atoms in total. The summed E-state index contributed by atoms with van der Waals surface area (Å²) in [6.45, 7) is 4.80. The fourth-order valence-corrected chi connectivity index (χ4v) is 4.02. The van der Waals surface area contributed by atoms with Gasteiger partial charge in [0.05, 0.1) is 12.4 Å². The van der Waals surface area contributed by atoms with Gasteiger partial charge in [0.2, 0.25) is 17.7 Å². The van der Waals surface area contributed by atoms with Gasteiger partial charge in [-0.2, -0.15) is 0 Å². The molecule has 1 aliphatic heterocycles. The van der Waals surface area contributed by atoms with E-state index in [0.717, 1.165) is 13.0 Å². The summed E-state index contributed by atoms with van der Waals surface area (Å²) >= 11 is 0. The van der Waals surface area contributed by atoms with Gasteiger partial charge in [0, 0.05) is 24.9 Å². The van der Waals surface area contributed by atoms with E-state index in [1.165, 1.54) is 12.5 Å². The molecule has 4 atom stereocenters. The molecule has 4 unspecified atom stereocenters. The third-order valence-corrected chi connectivity index (χ3v) is 5.89. The summed E-state index contributed by atoms with van der Waals surface area (Å²) in [6, 6.07) is -3.53. The number of carboxylic acids is 1. The van der Waals surface area contributed by atoms with Crippen molar-refractivity contribution in [3.05, 3.63) is 18.2 Å². The van der Waals surface area contributed by atoms with Crippen LogP contribution in [0.2, 0.25) is 0 Å². The maximum atomic E-state index is 13.2. The molecule has 37 heavy (non-hydrogen) atoms. The molecule has 2 heterocycles. The largest absolute Gasteiger partial charge is 0.480 e. The van der Waals surface area contributed by atoms with E-state index >= 15 is 0 Å². The van der Waals surface area contributed by atoms with Crippen LogP contribution in [0, 0.1) is 5.92 Å². The maximum absolute atomic E-state index is 13.2. The van der Waals surface area contributed by atoms with Crippen molar-refractivity contribution in [1.29, 1.82) is 0 Å². The average Bonchev–Trinajstić information content (AvgIpc) is 3.54. The van der Waals surface area contributed by atoms with Crippen LogP contribution in [0.5, 0.6) is 0 Å². The molecule has 10 N–H and O–H groups in total. The Morgan fingerprint density at radius 3 is 2.41 bits per heavy atom. The van der Waals surface area contributed by atoms with Crippen molar-refractivity contribution in [2.24, 2.45) is 22.4 Å². The molecule has 0 saturated carbocycles. The monoisotopic (exact) mass is 521 g/mol. The number of H-pyrrole nitrogens is 1. The Morgan fingerprint density at radius 1 is 1.14 bits per heavy atom. The normalized spacial score (nSPS) is 17.4. The number of carbonyl (C=O) groups is 4. The second-order valence-electron chi connectivity index (χ2n) is 9.53. The zero-order chi connectivity index (χ0) is 27.4. The lowest BCUT2D eigenvalue weighted by Crippen LogP contribution is -2.57. The number of hydrogen-bond donors (Lipinski definition) is 8. The first-order chi connectivity index (χ1) is 17.6. The van der Waals surface area contributed by atoms with Gasteiger partial charge in [0.25, 0.3) is 0 Å². The van der Waals surface area contributed by atoms with Crippen LogP contribution < -0.4 is 32.7 Å². The number of rotatable bonds is 15. The molecular weight excluding hydrogens is 482 g/mol. The second-order valence-corrected chi connectivity index (χ2v) is 9.53. The van der Waals surface area contributed by atoms with Gasteiger partial charge >= 0.3 is 5.97 Å². The SMILES string of the molecule is CC(C)CC(NC(=O)C1CCCN1)C(=O)NC(CCCN=C(N)N)C(=O)NC(Cc1cnc[nH]1)C(=O)O. The molecule has 1 aromatic heterocycles. The van der Waals surface area contributed by atoms with E-state index in [9.17, 15) is 24.3 Å². The number of nitrogens with zero attached hydrogens (tertiary/aromatic N) is 2. The zero-order valence-corrected chi connectivity index (χ0v) is 21.3. The van der Waals surface area contributed by atoms with Crippen LogP contribution in [0.25, 0.3) is 0 Å². The van der Waals surface area contributed by atoms with Gasteiger partial charge in [-0.05, 0) is 44.6 Å². The van der Waals surface area contributed by atoms with E-state index in [1.807, 2.05) is 13.8 Å². The van der Waals surface area contributed by atoms with E-state index in [1.54, 1.807) is 0 Å². The highest BCUT2D eigenvalue weighted by Crippen LogP contribution is 2.10. The summed E-state index contributed by atoms with van der Waals surface area (Å²) in [7, 11) is 0. The molecule has 0 radical (unpaired) electrons. The molecule has 0 spiro atoms. The predicted octanol–water partition coefficient (Wildman–Crippen LogP) is -1.66. The minimum Gasteiger partial charge on any atom is -0.480 e. The minimum atomic E-state index is -1.25. The Kier molecular flexibility index (Phi) is 11.8. The third-order valence-electron chi connectivity index (χ3n) is 5.89. The summed E-state index contributed by atoms with van der Waals surface area (Å²) in [6.07, 6.45) is 5.28. The smallest absolute Gasteiger partial charge is 0.326 e. The van der Waals surface area contributed by atoms with E-state index in [2.05, 4.69) is 36.2 Å². The quantitative estimate of drug-likeness (QED) is 0.0749. The first-order valence-corrected chi connectivity index (χ1v) is 12.5. The Bertz CT molecular complexity index is 925. The van der Waals surface area contributed by atoms with Crippen LogP contribution in [0.4, 0.5) is 0 Å². The predicted molar refractivity (Wildman–Crippen MR) is 136 cm³/mol. The first-order valence-electron chi connectivity index (χ1n) is 12.5. The number of amides is 3. The Hall–Kier alpha value is -3.68. The molecule has 1 saturated heterocycles. The Labute approximate surface area is 215 Å². The van der Waals surface area contributed by atoms with Crippen molar-refractivity contribution in [3.8, 4) is 0 Å². The van der Waals surface area contributed by atoms with Gasteiger partial charge in [-0.15, -0.1) is 0 Å². The Morgan fingerprint density at radius 2 is 1.84 bits per heavy atom. The highest BCUT2D eigenvalue weighted by molar-refractivity contribution is 5.94. The van der Waals surface area contributed by atoms with Crippen molar-refractivity contribution >= 4 is 29.7 Å². The standard InChI is InChI=1S/C23H39N9O5/c1-13(2)9-17(31-19(33)15-5-3-7-27-15)21(35)30-16(6-4-8-28-23(24)25)20(34)32-18(22(36)37)10-14-11-26-12-29-14/h11-13,15-18,27H,3-10H2,1-2H3,(H,26,29)(H,30,35)(H,31,33)(H,32,34)(H,36,37)(H4,24,25,28). The molecular formula is C23H39N9O5. The van der Waals surface area contributed by atoms with Crippen molar-refractivity contribution in [2.75, 3.05) is 13.1 Å². The van der Waals surface area contributed by atoms with Crippen LogP contribution >= 0.6 is 0 Å². The van der Waals surface area contributed by atoms with Gasteiger partial charge in [0.1, 0.15) is 18.1 Å². The number of aromatic amines is 1. The highest BCUT2D eigenvalue weighted by atomic mass is 16.4. The summed E-state index contributed by atoms with van der Waals surface area (Å²) in [5.41, 5.74) is 11.2. The number of nitrogens with one attached hydrogen (secondary N) is 5. The third kappa shape index (κ3) is 10.5. The number of imidazole rings is 1. The van der Waals surface area contributed by atoms with Crippen molar-refractivity contribution in [2.45, 2.75) is 76.5 Å². The molecule has 3 amide bonds. The van der Waals surface area contributed by atoms with E-state index in [0.29, 0.717) is 25.0 Å². The summed E-state index contributed by atoms with van der Waals surface area (Å²) in [4.78, 5) is 61.4. The topological polar surface area (TPSA) is 230 Å². The van der Waals surface area contributed by atoms with E-state index in [-0.39, 0.29) is 43.2 Å². The van der Waals surface area contributed by atoms with Gasteiger partial charge in [0.15, 0.2) is 5.96 Å². The number of nitrogens with two attached hydrogens (primary N) is 2. The fourth-order valence-electron chi connectivity index (χ4n) is 4.02. The number of aliphatic carboxylic acids is 1. The number of aromatic nitrogens is 2. The molecule has 1 fully saturated rings. The summed E-state index contributed by atoms with van der Waals surface area (Å²) < 4.78 is 0. The van der Waals surface area contributed by atoms with Crippen LogP contribution in [0.15, 0.2) is 17.5 Å². The Balaban J connectivity index is 2.13. The second kappa shape index (κ2) is 14.8. The molecule has 0 aromatic carbocycles. The molecule has 206 valence electrons. The molecule has 1 aromatic rings. The van der Waals surface area contributed by atoms with Crippen LogP contribution in [-0.2, 0) is 25.6 Å². The van der Waals surface area contributed by atoms with Crippen LogP contribution in [0.3, 0.4) is 0 Å².